The first-order chi connectivity index (χ1) is 12.3. The highest BCUT2D eigenvalue weighted by Gasteiger charge is 2.47. The van der Waals surface area contributed by atoms with E-state index in [1.165, 1.54) is 32.5 Å². The maximum atomic E-state index is 11.6. The summed E-state index contributed by atoms with van der Waals surface area (Å²) in [5, 5.41) is 0. The van der Waals surface area contributed by atoms with Gasteiger partial charge in [0.15, 0.2) is 23.7 Å². The van der Waals surface area contributed by atoms with E-state index < -0.39 is 41.7 Å². The van der Waals surface area contributed by atoms with E-state index in [1.54, 1.807) is 12.1 Å². The minimum Gasteiger partial charge on any atom is -0.476 e. The van der Waals surface area contributed by atoms with Gasteiger partial charge in [0.2, 0.25) is 0 Å². The molecule has 26 heavy (non-hydrogen) atoms. The minimum atomic E-state index is -0.949. The van der Waals surface area contributed by atoms with Gasteiger partial charge >= 0.3 is 17.9 Å². The van der Waals surface area contributed by atoms with Crippen molar-refractivity contribution in [3.8, 4) is 5.75 Å². The van der Waals surface area contributed by atoms with Crippen LogP contribution in [0.2, 0.25) is 0 Å². The molecule has 0 aromatic heterocycles. The molecule has 4 atom stereocenters. The summed E-state index contributed by atoms with van der Waals surface area (Å²) in [6.45, 7) is 3.77. The van der Waals surface area contributed by atoms with Gasteiger partial charge in [-0.2, -0.15) is 0 Å². The molecule has 9 heteroatoms. The fourth-order valence-corrected chi connectivity index (χ4v) is 4.03. The van der Waals surface area contributed by atoms with Gasteiger partial charge in [-0.15, -0.1) is 11.8 Å². The zero-order valence-corrected chi connectivity index (χ0v) is 17.4. The smallest absolute Gasteiger partial charge is 0.303 e. The van der Waals surface area contributed by atoms with Gasteiger partial charge in [0.1, 0.15) is 5.75 Å². The van der Waals surface area contributed by atoms with Gasteiger partial charge in [0, 0.05) is 30.1 Å². The van der Waals surface area contributed by atoms with Crippen molar-refractivity contribution >= 4 is 52.3 Å². The van der Waals surface area contributed by atoms with Gasteiger partial charge in [-0.1, -0.05) is 0 Å². The third-order valence-electron chi connectivity index (χ3n) is 3.37. The average molecular weight is 494 g/mol. The monoisotopic (exact) mass is 494 g/mol. The molecule has 0 N–H and O–H groups in total. The van der Waals surface area contributed by atoms with Crippen LogP contribution in [-0.2, 0) is 28.6 Å². The van der Waals surface area contributed by atoms with Crippen LogP contribution in [0.3, 0.4) is 0 Å². The molecule has 0 saturated carbocycles. The Labute approximate surface area is 169 Å². The molecule has 1 aliphatic heterocycles. The molecule has 0 amide bonds. The molecule has 142 valence electrons. The molecule has 7 nitrogen and oxygen atoms in total. The zero-order chi connectivity index (χ0) is 19.3. The Bertz CT molecular complexity index is 664. The van der Waals surface area contributed by atoms with E-state index in [0.29, 0.717) is 11.5 Å². The molecule has 2 rings (SSSR count). The van der Waals surface area contributed by atoms with Crippen LogP contribution in [0.5, 0.6) is 5.75 Å². The predicted molar refractivity (Wildman–Crippen MR) is 103 cm³/mol. The van der Waals surface area contributed by atoms with E-state index in [-0.39, 0.29) is 0 Å². The fourth-order valence-electron chi connectivity index (χ4n) is 2.46. The summed E-state index contributed by atoms with van der Waals surface area (Å²) < 4.78 is 22.9. The second-order valence-corrected chi connectivity index (χ2v) is 7.95. The first kappa shape index (κ1) is 20.8. The number of hydrogen-bond donors (Lipinski definition) is 0. The maximum absolute atomic E-state index is 11.6. The molecule has 0 unspecified atom stereocenters. The van der Waals surface area contributed by atoms with Crippen LogP contribution in [0.4, 0.5) is 0 Å². The number of benzene rings is 1. The maximum Gasteiger partial charge on any atom is 0.303 e. The molecule has 0 aliphatic carbocycles. The molecule has 1 aromatic rings. The van der Waals surface area contributed by atoms with E-state index in [9.17, 15) is 14.4 Å². The topological polar surface area (TPSA) is 88.1 Å². The first-order valence-corrected chi connectivity index (χ1v) is 9.94. The van der Waals surface area contributed by atoms with E-state index >= 15 is 0 Å². The number of ether oxygens (including phenoxy) is 4. The summed E-state index contributed by atoms with van der Waals surface area (Å²) in [5.41, 5.74) is -0.616. The number of rotatable bonds is 5. The lowest BCUT2D eigenvalue weighted by Crippen LogP contribution is -2.55. The highest BCUT2D eigenvalue weighted by Crippen LogP contribution is 2.34. The Morgan fingerprint density at radius 2 is 1.46 bits per heavy atom. The van der Waals surface area contributed by atoms with Gasteiger partial charge in [0.25, 0.3) is 0 Å². The molecule has 1 saturated heterocycles. The van der Waals surface area contributed by atoms with Gasteiger partial charge in [0.05, 0.1) is 0 Å². The number of esters is 3. The Balaban J connectivity index is 2.25. The van der Waals surface area contributed by atoms with Crippen LogP contribution in [0.25, 0.3) is 0 Å². The molecular weight excluding hydrogens is 475 g/mol. The van der Waals surface area contributed by atoms with Gasteiger partial charge in [-0.3, -0.25) is 14.4 Å². The van der Waals surface area contributed by atoms with E-state index in [1.807, 2.05) is 12.1 Å². The van der Waals surface area contributed by atoms with Crippen molar-refractivity contribution < 1.29 is 33.3 Å². The largest absolute Gasteiger partial charge is 0.476 e. The van der Waals surface area contributed by atoms with Crippen molar-refractivity contribution in [3.05, 3.63) is 27.8 Å². The minimum absolute atomic E-state index is 0.338. The Kier molecular flexibility index (Phi) is 7.56. The predicted octanol–water partition coefficient (Wildman–Crippen LogP) is 2.54. The molecule has 1 aliphatic rings. The molecule has 1 fully saturated rings. The normalized spacial score (nSPS) is 25.1. The highest BCUT2D eigenvalue weighted by atomic mass is 127. The number of halogens is 1. The van der Waals surface area contributed by atoms with Crippen molar-refractivity contribution in [2.75, 3.05) is 5.75 Å². The quantitative estimate of drug-likeness (QED) is 0.351. The highest BCUT2D eigenvalue weighted by molar-refractivity contribution is 14.1. The van der Waals surface area contributed by atoms with Crippen LogP contribution < -0.4 is 4.74 Å². The van der Waals surface area contributed by atoms with Crippen molar-refractivity contribution in [2.45, 2.75) is 44.5 Å². The van der Waals surface area contributed by atoms with E-state index in [4.69, 9.17) is 18.9 Å². The third kappa shape index (κ3) is 6.04. The molecule has 1 aromatic carbocycles. The lowest BCUT2D eigenvalue weighted by Gasteiger charge is -2.39. The van der Waals surface area contributed by atoms with Crippen LogP contribution in [0, 0.1) is 3.57 Å². The molecule has 0 radical (unpaired) electrons. The van der Waals surface area contributed by atoms with Crippen LogP contribution in [-0.4, -0.2) is 47.4 Å². The molecule has 0 spiro atoms. The summed E-state index contributed by atoms with van der Waals surface area (Å²) in [7, 11) is 0. The summed E-state index contributed by atoms with van der Waals surface area (Å²) in [6.07, 6.45) is -2.60. The zero-order valence-electron chi connectivity index (χ0n) is 14.5. The summed E-state index contributed by atoms with van der Waals surface area (Å²) in [6, 6.07) is 7.36. The van der Waals surface area contributed by atoms with E-state index in [0.717, 1.165) is 3.57 Å². The van der Waals surface area contributed by atoms with Crippen molar-refractivity contribution in [2.24, 2.45) is 0 Å². The SMILES string of the molecule is CC(=O)O[C@@H]1[C@@H](OC(C)=O)[C@H](OC(C)=O)CS[C@H]1Oc1ccc(I)cc1. The number of carbonyl (C=O) groups excluding carboxylic acids is 3. The van der Waals surface area contributed by atoms with Crippen LogP contribution in [0.1, 0.15) is 20.8 Å². The Morgan fingerprint density at radius 1 is 0.923 bits per heavy atom. The van der Waals surface area contributed by atoms with Crippen LogP contribution >= 0.6 is 34.4 Å². The van der Waals surface area contributed by atoms with Crippen LogP contribution in [0.15, 0.2) is 24.3 Å². The molecule has 0 bridgehead atoms. The van der Waals surface area contributed by atoms with E-state index in [2.05, 4.69) is 22.6 Å². The number of thioether (sulfide) groups is 1. The third-order valence-corrected chi connectivity index (χ3v) is 5.30. The summed E-state index contributed by atoms with van der Waals surface area (Å²) >= 11 is 3.50. The lowest BCUT2D eigenvalue weighted by molar-refractivity contribution is -0.186. The Hall–Kier alpha value is -1.49. The first-order valence-electron chi connectivity index (χ1n) is 7.81. The number of carbonyl (C=O) groups is 3. The van der Waals surface area contributed by atoms with Gasteiger partial charge in [-0.25, -0.2) is 0 Å². The van der Waals surface area contributed by atoms with Gasteiger partial charge in [-0.05, 0) is 46.9 Å². The summed E-state index contributed by atoms with van der Waals surface area (Å²) in [5.74, 6) is -0.694. The standard InChI is InChI=1S/C17H19IO7S/c1-9(19)22-14-8-26-17(25-13-6-4-12(18)5-7-13)16(24-11(3)21)15(14)23-10(2)20/h4-7,14-17H,8H2,1-3H3/t14-,15+,16-,17-/m1/s1. The average Bonchev–Trinajstić information content (AvgIpc) is 2.53. The fraction of sp³-hybridized carbons (Fsp3) is 0.471. The second kappa shape index (κ2) is 9.45. The molecule has 1 heterocycles. The van der Waals surface area contributed by atoms with Crippen molar-refractivity contribution in [1.29, 1.82) is 0 Å². The van der Waals surface area contributed by atoms with Crippen molar-refractivity contribution in [3.63, 3.8) is 0 Å². The number of hydrogen-bond acceptors (Lipinski definition) is 8. The summed E-state index contributed by atoms with van der Waals surface area (Å²) in [4.78, 5) is 34.5. The van der Waals surface area contributed by atoms with Gasteiger partial charge < -0.3 is 18.9 Å². The lowest BCUT2D eigenvalue weighted by atomic mass is 10.1. The Morgan fingerprint density at radius 3 is 2.00 bits per heavy atom. The van der Waals surface area contributed by atoms with Crippen molar-refractivity contribution in [1.82, 2.24) is 0 Å². The second-order valence-electron chi connectivity index (χ2n) is 5.57. The molecular formula is C17H19IO7S.